The Morgan fingerprint density at radius 1 is 1.42 bits per heavy atom. The van der Waals surface area contributed by atoms with Crippen molar-refractivity contribution in [3.05, 3.63) is 0 Å². The summed E-state index contributed by atoms with van der Waals surface area (Å²) < 4.78 is 14.8. The second-order valence-electron chi connectivity index (χ2n) is 4.28. The molecule has 0 aromatic rings. The number of hydrogen-bond donors (Lipinski definition) is 1. The molecule has 1 unspecified atom stereocenters. The average Bonchev–Trinajstić information content (AvgIpc) is 2.43. The summed E-state index contributed by atoms with van der Waals surface area (Å²) in [6.07, 6.45) is 0.770. The number of morpholine rings is 1. The lowest BCUT2D eigenvalue weighted by Crippen LogP contribution is -2.53. The number of nitrogens with one attached hydrogen (secondary N) is 1. The highest BCUT2D eigenvalue weighted by atomic mass is 16.5. The molecule has 0 bridgehead atoms. The van der Waals surface area contributed by atoms with Crippen molar-refractivity contribution in [3.63, 3.8) is 0 Å². The standard InChI is InChI=1S/C12H22N2O5/c1-17-6-3-4-13-11(15)8-14-5-7-19-9-10(14)12(16)18-2/h10H,3-9H2,1-2H3,(H,13,15). The van der Waals surface area contributed by atoms with E-state index in [4.69, 9.17) is 14.2 Å². The molecule has 0 aromatic carbocycles. The third kappa shape index (κ3) is 5.54. The zero-order chi connectivity index (χ0) is 14.1. The van der Waals surface area contributed by atoms with Gasteiger partial charge in [-0.15, -0.1) is 0 Å². The molecule has 1 saturated heterocycles. The summed E-state index contributed by atoms with van der Waals surface area (Å²) in [5.74, 6) is -0.473. The highest BCUT2D eigenvalue weighted by molar-refractivity contribution is 5.80. The second kappa shape index (κ2) is 8.84. The first kappa shape index (κ1) is 15.9. The van der Waals surface area contributed by atoms with Crippen molar-refractivity contribution in [1.29, 1.82) is 0 Å². The van der Waals surface area contributed by atoms with E-state index in [0.717, 1.165) is 6.42 Å². The summed E-state index contributed by atoms with van der Waals surface area (Å²) in [5.41, 5.74) is 0. The van der Waals surface area contributed by atoms with Crippen molar-refractivity contribution in [2.45, 2.75) is 12.5 Å². The Bertz CT molecular complexity index is 298. The Labute approximate surface area is 113 Å². The molecule has 0 spiro atoms. The van der Waals surface area contributed by atoms with E-state index in [0.29, 0.717) is 26.3 Å². The Morgan fingerprint density at radius 3 is 2.89 bits per heavy atom. The van der Waals surface area contributed by atoms with Crippen molar-refractivity contribution in [2.24, 2.45) is 0 Å². The first-order valence-electron chi connectivity index (χ1n) is 6.34. The number of methoxy groups -OCH3 is 2. The van der Waals surface area contributed by atoms with Crippen molar-refractivity contribution in [3.8, 4) is 0 Å². The van der Waals surface area contributed by atoms with Crippen LogP contribution < -0.4 is 5.32 Å². The number of carbonyl (C=O) groups excluding carboxylic acids is 2. The number of esters is 1. The third-order valence-corrected chi connectivity index (χ3v) is 2.91. The minimum Gasteiger partial charge on any atom is -0.468 e. The van der Waals surface area contributed by atoms with E-state index >= 15 is 0 Å². The number of rotatable bonds is 7. The zero-order valence-corrected chi connectivity index (χ0v) is 11.5. The van der Waals surface area contributed by atoms with Crippen LogP contribution in [-0.4, -0.2) is 76.5 Å². The van der Waals surface area contributed by atoms with Gasteiger partial charge in [0.25, 0.3) is 0 Å². The van der Waals surface area contributed by atoms with E-state index in [9.17, 15) is 9.59 Å². The molecule has 1 amide bonds. The van der Waals surface area contributed by atoms with Gasteiger partial charge in [-0.2, -0.15) is 0 Å². The van der Waals surface area contributed by atoms with Crippen molar-refractivity contribution < 1.29 is 23.8 Å². The lowest BCUT2D eigenvalue weighted by Gasteiger charge is -2.32. The number of nitrogens with zero attached hydrogens (tertiary/aromatic N) is 1. The number of hydrogen-bond acceptors (Lipinski definition) is 6. The second-order valence-corrected chi connectivity index (χ2v) is 4.28. The smallest absolute Gasteiger partial charge is 0.325 e. The molecule has 0 radical (unpaired) electrons. The largest absolute Gasteiger partial charge is 0.468 e. The van der Waals surface area contributed by atoms with Gasteiger partial charge in [0.2, 0.25) is 5.91 Å². The maximum Gasteiger partial charge on any atom is 0.325 e. The fourth-order valence-corrected chi connectivity index (χ4v) is 1.87. The van der Waals surface area contributed by atoms with Crippen LogP contribution in [0.5, 0.6) is 0 Å². The van der Waals surface area contributed by atoms with Gasteiger partial charge >= 0.3 is 5.97 Å². The van der Waals surface area contributed by atoms with Gasteiger partial charge in [-0.05, 0) is 6.42 Å². The Hall–Kier alpha value is -1.18. The molecule has 0 aromatic heterocycles. The van der Waals surface area contributed by atoms with Crippen LogP contribution in [0.3, 0.4) is 0 Å². The van der Waals surface area contributed by atoms with Crippen LogP contribution in [0.25, 0.3) is 0 Å². The van der Waals surface area contributed by atoms with E-state index in [1.165, 1.54) is 7.11 Å². The first-order chi connectivity index (χ1) is 9.19. The molecule has 110 valence electrons. The van der Waals surface area contributed by atoms with Gasteiger partial charge in [-0.25, -0.2) is 0 Å². The average molecular weight is 274 g/mol. The van der Waals surface area contributed by atoms with Gasteiger partial charge in [-0.3, -0.25) is 14.5 Å². The summed E-state index contributed by atoms with van der Waals surface area (Å²) in [4.78, 5) is 25.1. The summed E-state index contributed by atoms with van der Waals surface area (Å²) in [6.45, 7) is 2.69. The van der Waals surface area contributed by atoms with Crippen LogP contribution in [0.4, 0.5) is 0 Å². The van der Waals surface area contributed by atoms with Crippen LogP contribution in [0.2, 0.25) is 0 Å². The summed E-state index contributed by atoms with van der Waals surface area (Å²) in [5, 5.41) is 2.79. The minimum atomic E-state index is -0.497. The van der Waals surface area contributed by atoms with Gasteiger partial charge in [0.1, 0.15) is 6.04 Å². The van der Waals surface area contributed by atoms with E-state index < -0.39 is 6.04 Å². The number of carbonyl (C=O) groups is 2. The van der Waals surface area contributed by atoms with Gasteiger partial charge in [-0.1, -0.05) is 0 Å². The molecule has 1 fully saturated rings. The molecular formula is C12H22N2O5. The fourth-order valence-electron chi connectivity index (χ4n) is 1.87. The van der Waals surface area contributed by atoms with Crippen molar-refractivity contribution in [1.82, 2.24) is 10.2 Å². The van der Waals surface area contributed by atoms with Crippen LogP contribution in [0.15, 0.2) is 0 Å². The highest BCUT2D eigenvalue weighted by Gasteiger charge is 2.31. The monoisotopic (exact) mass is 274 g/mol. The van der Waals surface area contributed by atoms with Crippen LogP contribution in [0.1, 0.15) is 6.42 Å². The maximum absolute atomic E-state index is 11.7. The Kier molecular flexibility index (Phi) is 7.39. The molecule has 0 saturated carbocycles. The Morgan fingerprint density at radius 2 is 2.21 bits per heavy atom. The quantitative estimate of drug-likeness (QED) is 0.474. The normalized spacial score (nSPS) is 20.0. The van der Waals surface area contributed by atoms with Gasteiger partial charge in [0.05, 0.1) is 26.9 Å². The molecule has 1 aliphatic rings. The lowest BCUT2D eigenvalue weighted by molar-refractivity contribution is -0.154. The molecule has 19 heavy (non-hydrogen) atoms. The SMILES string of the molecule is COCCCNC(=O)CN1CCOCC1C(=O)OC. The van der Waals surface area contributed by atoms with Crippen LogP contribution >= 0.6 is 0 Å². The van der Waals surface area contributed by atoms with Crippen molar-refractivity contribution in [2.75, 3.05) is 53.7 Å². The summed E-state index contributed by atoms with van der Waals surface area (Å²) in [6, 6.07) is -0.497. The molecule has 7 heteroatoms. The Balaban J connectivity index is 2.35. The molecule has 1 aliphatic heterocycles. The fraction of sp³-hybridized carbons (Fsp3) is 0.833. The van der Waals surface area contributed by atoms with Gasteiger partial charge in [0, 0.05) is 26.8 Å². The predicted octanol–water partition coefficient (Wildman–Crippen LogP) is -0.987. The molecule has 1 heterocycles. The van der Waals surface area contributed by atoms with Gasteiger partial charge in [0.15, 0.2) is 0 Å². The molecule has 1 N–H and O–H groups in total. The van der Waals surface area contributed by atoms with Crippen LogP contribution in [-0.2, 0) is 23.8 Å². The molecule has 7 nitrogen and oxygen atoms in total. The number of ether oxygens (including phenoxy) is 3. The van der Waals surface area contributed by atoms with E-state index in [-0.39, 0.29) is 25.0 Å². The zero-order valence-electron chi connectivity index (χ0n) is 11.5. The lowest BCUT2D eigenvalue weighted by atomic mass is 10.2. The molecule has 0 aliphatic carbocycles. The maximum atomic E-state index is 11.7. The van der Waals surface area contributed by atoms with Crippen molar-refractivity contribution >= 4 is 11.9 Å². The first-order valence-corrected chi connectivity index (χ1v) is 6.34. The highest BCUT2D eigenvalue weighted by Crippen LogP contribution is 2.07. The van der Waals surface area contributed by atoms with E-state index in [1.54, 1.807) is 12.0 Å². The summed E-state index contributed by atoms with van der Waals surface area (Å²) in [7, 11) is 2.95. The molecule has 1 atom stereocenters. The van der Waals surface area contributed by atoms with Crippen LogP contribution in [0, 0.1) is 0 Å². The molecular weight excluding hydrogens is 252 g/mol. The molecule has 1 rings (SSSR count). The number of amides is 1. The third-order valence-electron chi connectivity index (χ3n) is 2.91. The van der Waals surface area contributed by atoms with E-state index in [1.807, 2.05) is 0 Å². The minimum absolute atomic E-state index is 0.105. The van der Waals surface area contributed by atoms with Gasteiger partial charge < -0.3 is 19.5 Å². The summed E-state index contributed by atoms with van der Waals surface area (Å²) >= 11 is 0. The predicted molar refractivity (Wildman–Crippen MR) is 67.7 cm³/mol. The topological polar surface area (TPSA) is 77.1 Å². The van der Waals surface area contributed by atoms with E-state index in [2.05, 4.69) is 5.32 Å².